The van der Waals surface area contributed by atoms with Gasteiger partial charge in [-0.1, -0.05) is 24.3 Å². The third-order valence-electron chi connectivity index (χ3n) is 5.49. The molecule has 0 saturated carbocycles. The van der Waals surface area contributed by atoms with Crippen molar-refractivity contribution in [2.24, 2.45) is 0 Å². The minimum Gasteiger partial charge on any atom is -0.508 e. The molecule has 0 unspecified atom stereocenters. The summed E-state index contributed by atoms with van der Waals surface area (Å²) in [5, 5.41) is 38.3. The normalized spacial score (nSPS) is 10.6. The molecule has 0 aliphatic carbocycles. The molecule has 0 atom stereocenters. The molecule has 188 valence electrons. The van der Waals surface area contributed by atoms with Crippen LogP contribution in [0.25, 0.3) is 0 Å². The summed E-state index contributed by atoms with van der Waals surface area (Å²) in [5.74, 6) is 1.04. The van der Waals surface area contributed by atoms with Gasteiger partial charge in [-0.05, 0) is 160 Å². The van der Waals surface area contributed by atoms with Crippen LogP contribution >= 0.6 is 63.7 Å². The van der Waals surface area contributed by atoms with Gasteiger partial charge in [-0.3, -0.25) is 0 Å². The average Bonchev–Trinajstić information content (AvgIpc) is 2.81. The van der Waals surface area contributed by atoms with Crippen LogP contribution in [0.2, 0.25) is 0 Å². The van der Waals surface area contributed by atoms with Crippen molar-refractivity contribution >= 4 is 63.7 Å². The van der Waals surface area contributed by atoms with Crippen LogP contribution in [0.15, 0.2) is 78.6 Å². The Labute approximate surface area is 244 Å². The molecule has 0 bridgehead atoms. The monoisotopic (exact) mass is 740 g/mol. The van der Waals surface area contributed by atoms with Crippen LogP contribution in [0.4, 0.5) is 0 Å². The lowest BCUT2D eigenvalue weighted by Crippen LogP contribution is -1.90. The van der Waals surface area contributed by atoms with E-state index in [2.05, 4.69) is 63.7 Å². The molecule has 0 aliphatic heterocycles. The summed E-state index contributed by atoms with van der Waals surface area (Å²) in [7, 11) is 0. The zero-order valence-corrected chi connectivity index (χ0v) is 25.8. The Hall–Kier alpha value is -2.00. The molecule has 36 heavy (non-hydrogen) atoms. The van der Waals surface area contributed by atoms with Crippen LogP contribution in [-0.4, -0.2) is 20.4 Å². The Morgan fingerprint density at radius 3 is 1.08 bits per heavy atom. The van der Waals surface area contributed by atoms with Gasteiger partial charge in [0.2, 0.25) is 0 Å². The van der Waals surface area contributed by atoms with Crippen molar-refractivity contribution < 1.29 is 20.4 Å². The van der Waals surface area contributed by atoms with E-state index in [1.165, 1.54) is 0 Å². The smallest absolute Gasteiger partial charge is 0.143 e. The lowest BCUT2D eigenvalue weighted by molar-refractivity contribution is 0.468. The molecule has 0 aromatic heterocycles. The minimum absolute atomic E-state index is 0.191. The third kappa shape index (κ3) is 7.51. The number of aromatic hydroxyl groups is 4. The molecule has 4 N–H and O–H groups in total. The van der Waals surface area contributed by atoms with Gasteiger partial charge in [0.15, 0.2) is 0 Å². The Morgan fingerprint density at radius 2 is 0.778 bits per heavy atom. The highest BCUT2D eigenvalue weighted by Crippen LogP contribution is 2.36. The van der Waals surface area contributed by atoms with Gasteiger partial charge in [0.05, 0.1) is 17.9 Å². The molecule has 4 aromatic rings. The van der Waals surface area contributed by atoms with E-state index in [-0.39, 0.29) is 11.5 Å². The lowest BCUT2D eigenvalue weighted by Gasteiger charge is -2.08. The van der Waals surface area contributed by atoms with Gasteiger partial charge in [0, 0.05) is 0 Å². The number of hydrogen-bond donors (Lipinski definition) is 4. The highest BCUT2D eigenvalue weighted by atomic mass is 79.9. The predicted molar refractivity (Wildman–Crippen MR) is 158 cm³/mol. The second-order valence-corrected chi connectivity index (χ2v) is 11.8. The molecule has 0 aliphatic rings. The van der Waals surface area contributed by atoms with Gasteiger partial charge in [-0.15, -0.1) is 0 Å². The summed E-state index contributed by atoms with van der Waals surface area (Å²) in [5.41, 5.74) is 6.17. The van der Waals surface area contributed by atoms with E-state index in [1.807, 2.05) is 62.4 Å². The van der Waals surface area contributed by atoms with E-state index < -0.39 is 0 Å². The maximum Gasteiger partial charge on any atom is 0.143 e. The van der Waals surface area contributed by atoms with Crippen molar-refractivity contribution in [2.75, 3.05) is 0 Å². The van der Waals surface area contributed by atoms with E-state index in [0.29, 0.717) is 35.8 Å². The zero-order valence-electron chi connectivity index (χ0n) is 19.5. The number of aryl methyl sites for hydroxylation is 2. The summed E-state index contributed by atoms with van der Waals surface area (Å²) in [4.78, 5) is 0. The molecule has 0 spiro atoms. The van der Waals surface area contributed by atoms with E-state index in [0.717, 1.165) is 39.8 Å². The van der Waals surface area contributed by atoms with Gasteiger partial charge in [0.25, 0.3) is 0 Å². The number of halogens is 4. The van der Waals surface area contributed by atoms with Crippen molar-refractivity contribution in [3.63, 3.8) is 0 Å². The first-order valence-corrected chi connectivity index (χ1v) is 14.0. The first-order valence-electron chi connectivity index (χ1n) is 10.9. The van der Waals surface area contributed by atoms with Gasteiger partial charge < -0.3 is 20.4 Å². The van der Waals surface area contributed by atoms with Crippen LogP contribution in [0.3, 0.4) is 0 Å². The number of phenols is 4. The molecule has 0 radical (unpaired) electrons. The Kier molecular flexibility index (Phi) is 9.92. The SMILES string of the molecule is Cc1cc(Cc2ccc(O)c(C)c2)ccc1O.Oc1c(Br)cc(Cc2cc(Br)c(O)c(Br)c2)cc1Br. The summed E-state index contributed by atoms with van der Waals surface area (Å²) < 4.78 is 2.59. The lowest BCUT2D eigenvalue weighted by atomic mass is 10.0. The molecular weight excluding hydrogens is 720 g/mol. The molecule has 4 nitrogen and oxygen atoms in total. The fourth-order valence-electron chi connectivity index (χ4n) is 3.57. The molecule has 4 rings (SSSR count). The molecule has 0 heterocycles. The molecule has 4 aromatic carbocycles. The minimum atomic E-state index is 0.191. The van der Waals surface area contributed by atoms with Gasteiger partial charge in [-0.25, -0.2) is 0 Å². The Bertz CT molecular complexity index is 1250. The zero-order chi connectivity index (χ0) is 26.6. The van der Waals surface area contributed by atoms with Crippen LogP contribution in [0.5, 0.6) is 23.0 Å². The fraction of sp³-hybridized carbons (Fsp3) is 0.143. The van der Waals surface area contributed by atoms with Gasteiger partial charge in [0.1, 0.15) is 23.0 Å². The van der Waals surface area contributed by atoms with Crippen molar-refractivity contribution in [1.29, 1.82) is 0 Å². The summed E-state index contributed by atoms with van der Waals surface area (Å²) in [6.45, 7) is 3.78. The first-order chi connectivity index (χ1) is 16.9. The fourth-order valence-corrected chi connectivity index (χ4v) is 6.13. The quantitative estimate of drug-likeness (QED) is 0.168. The number of hydrogen-bond acceptors (Lipinski definition) is 4. The third-order valence-corrected chi connectivity index (χ3v) is 7.91. The number of phenolic OH excluding ortho intramolecular Hbond substituents is 4. The van der Waals surface area contributed by atoms with Gasteiger partial charge in [-0.2, -0.15) is 0 Å². The first kappa shape index (κ1) is 28.6. The van der Waals surface area contributed by atoms with E-state index >= 15 is 0 Å². The van der Waals surface area contributed by atoms with Crippen molar-refractivity contribution in [2.45, 2.75) is 26.7 Å². The number of benzene rings is 4. The summed E-state index contributed by atoms with van der Waals surface area (Å²) in [6, 6.07) is 18.7. The second-order valence-electron chi connectivity index (χ2n) is 8.41. The molecular formula is C28H24Br4O4. The molecule has 0 fully saturated rings. The second kappa shape index (κ2) is 12.5. The maximum absolute atomic E-state index is 9.68. The summed E-state index contributed by atoms with van der Waals surface area (Å²) in [6.07, 6.45) is 1.50. The van der Waals surface area contributed by atoms with Crippen molar-refractivity contribution in [3.05, 3.63) is 112 Å². The molecule has 0 amide bonds. The van der Waals surface area contributed by atoms with Crippen LogP contribution in [-0.2, 0) is 12.8 Å². The average molecular weight is 744 g/mol. The summed E-state index contributed by atoms with van der Waals surface area (Å²) >= 11 is 13.2. The van der Waals surface area contributed by atoms with Crippen LogP contribution in [0.1, 0.15) is 33.4 Å². The van der Waals surface area contributed by atoms with Gasteiger partial charge >= 0.3 is 0 Å². The molecule has 0 saturated heterocycles. The Morgan fingerprint density at radius 1 is 0.472 bits per heavy atom. The largest absolute Gasteiger partial charge is 0.508 e. The van der Waals surface area contributed by atoms with Crippen LogP contribution < -0.4 is 0 Å². The van der Waals surface area contributed by atoms with E-state index in [9.17, 15) is 20.4 Å². The maximum atomic E-state index is 9.68. The topological polar surface area (TPSA) is 80.9 Å². The molecule has 8 heteroatoms. The predicted octanol–water partition coefficient (Wildman–Crippen LogP) is 9.04. The highest BCUT2D eigenvalue weighted by molar-refractivity contribution is 9.11. The van der Waals surface area contributed by atoms with E-state index in [4.69, 9.17) is 0 Å². The Balaban J connectivity index is 0.000000202. The standard InChI is InChI=1S/C15H16O2.C13H8Br4O2/c1-10-7-12(3-5-14(10)16)9-13-4-6-15(17)11(2)8-13;14-8-2-6(3-9(15)12(8)18)1-7-4-10(16)13(19)11(17)5-7/h3-8,16-17H,9H2,1-2H3;2-5,18-19H,1H2. The highest BCUT2D eigenvalue weighted by Gasteiger charge is 2.10. The van der Waals surface area contributed by atoms with E-state index in [1.54, 1.807) is 12.1 Å². The van der Waals surface area contributed by atoms with Crippen molar-refractivity contribution in [1.82, 2.24) is 0 Å². The van der Waals surface area contributed by atoms with Crippen molar-refractivity contribution in [3.8, 4) is 23.0 Å². The number of rotatable bonds is 4. The van der Waals surface area contributed by atoms with Crippen LogP contribution in [0, 0.1) is 13.8 Å².